The number of carbonyl (C=O) groups excluding carboxylic acids is 3. The third-order valence-corrected chi connectivity index (χ3v) is 2.83. The lowest BCUT2D eigenvalue weighted by Crippen LogP contribution is -2.47. The van der Waals surface area contributed by atoms with Crippen LogP contribution in [0.4, 0.5) is 4.39 Å². The highest BCUT2D eigenvalue weighted by Crippen LogP contribution is 2.02. The first-order valence-corrected chi connectivity index (χ1v) is 7.17. The van der Waals surface area contributed by atoms with Crippen molar-refractivity contribution in [1.82, 2.24) is 15.5 Å². The van der Waals surface area contributed by atoms with Crippen molar-refractivity contribution in [2.24, 2.45) is 0 Å². The summed E-state index contributed by atoms with van der Waals surface area (Å²) >= 11 is 0. The van der Waals surface area contributed by atoms with E-state index >= 15 is 0 Å². The molecule has 0 radical (unpaired) electrons. The number of carbonyl (C=O) groups is 3. The molecular formula is C16H22FN3O3. The maximum absolute atomic E-state index is 12.8. The smallest absolute Gasteiger partial charge is 0.251 e. The predicted molar refractivity (Wildman–Crippen MR) is 84.3 cm³/mol. The Kier molecular flexibility index (Phi) is 6.24. The molecule has 6 nitrogen and oxygen atoms in total. The number of nitrogens with zero attached hydrogens (tertiary/aromatic N) is 1. The molecule has 0 saturated carbocycles. The van der Waals surface area contributed by atoms with Gasteiger partial charge in [-0.1, -0.05) is 0 Å². The molecular weight excluding hydrogens is 301 g/mol. The van der Waals surface area contributed by atoms with Gasteiger partial charge < -0.3 is 15.5 Å². The fraction of sp³-hybridized carbons (Fsp3) is 0.438. The van der Waals surface area contributed by atoms with Gasteiger partial charge in [0.15, 0.2) is 0 Å². The molecule has 1 aromatic rings. The molecule has 0 aromatic heterocycles. The lowest BCUT2D eigenvalue weighted by Gasteiger charge is -2.23. The maximum Gasteiger partial charge on any atom is 0.251 e. The van der Waals surface area contributed by atoms with Crippen LogP contribution in [0.15, 0.2) is 24.3 Å². The van der Waals surface area contributed by atoms with E-state index in [9.17, 15) is 18.8 Å². The van der Waals surface area contributed by atoms with Crippen molar-refractivity contribution in [3.8, 4) is 0 Å². The second-order valence-electron chi connectivity index (χ2n) is 6.24. The van der Waals surface area contributed by atoms with Gasteiger partial charge in [-0.25, -0.2) is 4.39 Å². The van der Waals surface area contributed by atoms with Crippen LogP contribution in [0.3, 0.4) is 0 Å². The molecule has 0 aliphatic heterocycles. The molecule has 3 amide bonds. The first-order valence-electron chi connectivity index (χ1n) is 7.17. The van der Waals surface area contributed by atoms with Gasteiger partial charge >= 0.3 is 0 Å². The summed E-state index contributed by atoms with van der Waals surface area (Å²) in [5.74, 6) is -1.60. The minimum absolute atomic E-state index is 0.0947. The SMILES string of the molecule is CN(CC(=O)NC(C)(C)C)C(=O)CNC(=O)c1ccc(F)cc1. The van der Waals surface area contributed by atoms with Gasteiger partial charge in [-0.2, -0.15) is 0 Å². The van der Waals surface area contributed by atoms with Gasteiger partial charge in [0.2, 0.25) is 11.8 Å². The zero-order valence-electron chi connectivity index (χ0n) is 13.8. The Hall–Kier alpha value is -2.44. The van der Waals surface area contributed by atoms with Crippen LogP contribution in [0.5, 0.6) is 0 Å². The molecule has 0 heterocycles. The Labute approximate surface area is 135 Å². The summed E-state index contributed by atoms with van der Waals surface area (Å²) in [6, 6.07) is 4.99. The van der Waals surface area contributed by atoms with Crippen molar-refractivity contribution in [1.29, 1.82) is 0 Å². The largest absolute Gasteiger partial charge is 0.350 e. The molecule has 126 valence electrons. The topological polar surface area (TPSA) is 78.5 Å². The Morgan fingerprint density at radius 1 is 1.13 bits per heavy atom. The van der Waals surface area contributed by atoms with Crippen LogP contribution in [-0.4, -0.2) is 48.3 Å². The van der Waals surface area contributed by atoms with E-state index in [0.29, 0.717) is 0 Å². The zero-order valence-corrected chi connectivity index (χ0v) is 13.8. The van der Waals surface area contributed by atoms with Gasteiger partial charge in [0.25, 0.3) is 5.91 Å². The highest BCUT2D eigenvalue weighted by Gasteiger charge is 2.18. The normalized spacial score (nSPS) is 10.8. The van der Waals surface area contributed by atoms with E-state index in [0.717, 1.165) is 0 Å². The minimum Gasteiger partial charge on any atom is -0.350 e. The second-order valence-corrected chi connectivity index (χ2v) is 6.24. The van der Waals surface area contributed by atoms with Crippen molar-refractivity contribution in [3.63, 3.8) is 0 Å². The Bertz CT molecular complexity index is 579. The molecule has 0 atom stereocenters. The van der Waals surface area contributed by atoms with E-state index in [1.54, 1.807) is 0 Å². The Balaban J connectivity index is 2.45. The molecule has 1 aromatic carbocycles. The summed E-state index contributed by atoms with van der Waals surface area (Å²) in [5, 5.41) is 5.18. The standard InChI is InChI=1S/C16H22FN3O3/c1-16(2,3)19-13(21)10-20(4)14(22)9-18-15(23)11-5-7-12(17)8-6-11/h5-8H,9-10H2,1-4H3,(H,18,23)(H,19,21). The van der Waals surface area contributed by atoms with E-state index < -0.39 is 17.6 Å². The van der Waals surface area contributed by atoms with Gasteiger partial charge in [0.05, 0.1) is 13.1 Å². The first kappa shape index (κ1) is 18.6. The minimum atomic E-state index is -0.481. The summed E-state index contributed by atoms with van der Waals surface area (Å²) in [7, 11) is 1.48. The number of benzene rings is 1. The number of hydrogen-bond donors (Lipinski definition) is 2. The molecule has 7 heteroatoms. The van der Waals surface area contributed by atoms with Crippen LogP contribution in [-0.2, 0) is 9.59 Å². The number of halogens is 1. The molecule has 0 spiro atoms. The van der Waals surface area contributed by atoms with Gasteiger partial charge in [-0.3, -0.25) is 14.4 Å². The molecule has 2 N–H and O–H groups in total. The number of likely N-dealkylation sites (N-methyl/N-ethyl adjacent to an activating group) is 1. The van der Waals surface area contributed by atoms with E-state index in [1.807, 2.05) is 20.8 Å². The van der Waals surface area contributed by atoms with Crippen molar-refractivity contribution in [2.75, 3.05) is 20.1 Å². The van der Waals surface area contributed by atoms with Crippen LogP contribution >= 0.6 is 0 Å². The lowest BCUT2D eigenvalue weighted by molar-refractivity contribution is -0.134. The van der Waals surface area contributed by atoms with E-state index in [-0.39, 0.29) is 30.1 Å². The van der Waals surface area contributed by atoms with Crippen LogP contribution < -0.4 is 10.6 Å². The lowest BCUT2D eigenvalue weighted by atomic mass is 10.1. The van der Waals surface area contributed by atoms with E-state index in [1.165, 1.54) is 36.2 Å². The molecule has 0 aliphatic rings. The van der Waals surface area contributed by atoms with Crippen molar-refractivity contribution < 1.29 is 18.8 Å². The quantitative estimate of drug-likeness (QED) is 0.846. The molecule has 0 fully saturated rings. The van der Waals surface area contributed by atoms with E-state index in [2.05, 4.69) is 10.6 Å². The molecule has 0 unspecified atom stereocenters. The van der Waals surface area contributed by atoms with Gasteiger partial charge in [-0.05, 0) is 45.0 Å². The third kappa shape index (κ3) is 6.90. The van der Waals surface area contributed by atoms with Crippen molar-refractivity contribution in [2.45, 2.75) is 26.3 Å². The molecule has 0 saturated heterocycles. The average molecular weight is 323 g/mol. The summed E-state index contributed by atoms with van der Waals surface area (Å²) in [6.45, 7) is 5.19. The van der Waals surface area contributed by atoms with Crippen LogP contribution in [0.2, 0.25) is 0 Å². The summed E-state index contributed by atoms with van der Waals surface area (Å²) in [5.41, 5.74) is -0.120. The number of hydrogen-bond acceptors (Lipinski definition) is 3. The third-order valence-electron chi connectivity index (χ3n) is 2.83. The number of rotatable bonds is 5. The van der Waals surface area contributed by atoms with Crippen molar-refractivity contribution >= 4 is 17.7 Å². The molecule has 0 aliphatic carbocycles. The highest BCUT2D eigenvalue weighted by atomic mass is 19.1. The molecule has 23 heavy (non-hydrogen) atoms. The monoisotopic (exact) mass is 323 g/mol. The van der Waals surface area contributed by atoms with Crippen LogP contribution in [0.1, 0.15) is 31.1 Å². The first-order chi connectivity index (χ1) is 10.6. The zero-order chi connectivity index (χ0) is 17.6. The fourth-order valence-electron chi connectivity index (χ4n) is 1.76. The Morgan fingerprint density at radius 2 is 1.70 bits per heavy atom. The van der Waals surface area contributed by atoms with Gasteiger partial charge in [-0.15, -0.1) is 0 Å². The van der Waals surface area contributed by atoms with E-state index in [4.69, 9.17) is 0 Å². The average Bonchev–Trinajstić information content (AvgIpc) is 2.42. The Morgan fingerprint density at radius 3 is 2.22 bits per heavy atom. The molecule has 1 rings (SSSR count). The second kappa shape index (κ2) is 7.71. The predicted octanol–water partition coefficient (Wildman–Crippen LogP) is 0.929. The summed E-state index contributed by atoms with van der Waals surface area (Å²) in [6.07, 6.45) is 0. The molecule has 0 bridgehead atoms. The van der Waals surface area contributed by atoms with Crippen molar-refractivity contribution in [3.05, 3.63) is 35.6 Å². The van der Waals surface area contributed by atoms with Crippen LogP contribution in [0.25, 0.3) is 0 Å². The summed E-state index contributed by atoms with van der Waals surface area (Å²) < 4.78 is 12.8. The van der Waals surface area contributed by atoms with Gasteiger partial charge in [0, 0.05) is 18.2 Å². The fourth-order valence-corrected chi connectivity index (χ4v) is 1.76. The number of amides is 3. The van der Waals surface area contributed by atoms with Gasteiger partial charge in [0.1, 0.15) is 5.82 Å². The highest BCUT2D eigenvalue weighted by molar-refractivity contribution is 5.96. The van der Waals surface area contributed by atoms with Crippen LogP contribution in [0, 0.1) is 5.82 Å². The number of nitrogens with one attached hydrogen (secondary N) is 2. The maximum atomic E-state index is 12.8. The summed E-state index contributed by atoms with van der Waals surface area (Å²) in [4.78, 5) is 36.7.